The Labute approximate surface area is 178 Å². The van der Waals surface area contributed by atoms with Crippen molar-refractivity contribution in [3.63, 3.8) is 0 Å². The van der Waals surface area contributed by atoms with E-state index in [1.54, 1.807) is 19.2 Å². The summed E-state index contributed by atoms with van der Waals surface area (Å²) in [5.74, 6) is 1.73. The first kappa shape index (κ1) is 23.9. The Morgan fingerprint density at radius 2 is 2.04 bits per heavy atom. The summed E-state index contributed by atoms with van der Waals surface area (Å²) in [6, 6.07) is 6.67. The molecule has 1 saturated heterocycles. The van der Waals surface area contributed by atoms with Gasteiger partial charge in [0, 0.05) is 20.1 Å². The van der Waals surface area contributed by atoms with E-state index in [2.05, 4.69) is 32.2 Å². The van der Waals surface area contributed by atoms with Crippen LogP contribution in [0.2, 0.25) is 0 Å². The van der Waals surface area contributed by atoms with Gasteiger partial charge < -0.3 is 20.3 Å². The van der Waals surface area contributed by atoms with Gasteiger partial charge in [-0.3, -0.25) is 4.99 Å². The summed E-state index contributed by atoms with van der Waals surface area (Å²) in [5.41, 5.74) is 0.855. The lowest BCUT2D eigenvalue weighted by molar-refractivity contribution is -0.0498. The van der Waals surface area contributed by atoms with Gasteiger partial charge >= 0.3 is 6.61 Å². The molecule has 8 heteroatoms. The Balaban J connectivity index is 0.00000364. The molecule has 154 valence electrons. The molecule has 1 heterocycles. The summed E-state index contributed by atoms with van der Waals surface area (Å²) in [4.78, 5) is 6.72. The van der Waals surface area contributed by atoms with Gasteiger partial charge in [0.1, 0.15) is 5.75 Å². The van der Waals surface area contributed by atoms with Crippen molar-refractivity contribution in [1.29, 1.82) is 0 Å². The van der Waals surface area contributed by atoms with Crippen LogP contribution in [0.3, 0.4) is 0 Å². The molecule has 0 aliphatic carbocycles. The normalized spacial score (nSPS) is 16.1. The van der Waals surface area contributed by atoms with Crippen LogP contribution in [-0.2, 0) is 6.54 Å². The monoisotopic (exact) mass is 496 g/mol. The van der Waals surface area contributed by atoms with E-state index in [1.165, 1.54) is 32.0 Å². The minimum absolute atomic E-state index is 0. The highest BCUT2D eigenvalue weighted by Gasteiger charge is 2.14. The average molecular weight is 496 g/mol. The van der Waals surface area contributed by atoms with Gasteiger partial charge in [0.25, 0.3) is 0 Å². The smallest absolute Gasteiger partial charge is 0.387 e. The lowest BCUT2D eigenvalue weighted by Gasteiger charge is -2.30. The van der Waals surface area contributed by atoms with Crippen molar-refractivity contribution in [2.75, 3.05) is 33.2 Å². The van der Waals surface area contributed by atoms with Gasteiger partial charge in [-0.25, -0.2) is 0 Å². The molecule has 1 fully saturated rings. The number of guanidine groups is 1. The van der Waals surface area contributed by atoms with E-state index in [1.807, 2.05) is 6.07 Å². The van der Waals surface area contributed by atoms with Gasteiger partial charge in [-0.1, -0.05) is 19.1 Å². The predicted molar refractivity (Wildman–Crippen MR) is 116 cm³/mol. The minimum Gasteiger partial charge on any atom is -0.435 e. The summed E-state index contributed by atoms with van der Waals surface area (Å²) >= 11 is 0. The van der Waals surface area contributed by atoms with E-state index in [0.29, 0.717) is 12.5 Å². The number of nitrogens with one attached hydrogen (secondary N) is 2. The second kappa shape index (κ2) is 13.1. The Morgan fingerprint density at radius 3 is 2.70 bits per heavy atom. The fourth-order valence-corrected chi connectivity index (χ4v) is 3.03. The zero-order valence-electron chi connectivity index (χ0n) is 16.1. The Bertz CT molecular complexity index is 566. The molecule has 0 radical (unpaired) electrons. The maximum Gasteiger partial charge on any atom is 0.387 e. The first-order chi connectivity index (χ1) is 12.6. The van der Waals surface area contributed by atoms with Crippen molar-refractivity contribution < 1.29 is 13.5 Å². The SMILES string of the molecule is CN=C(NCCCN1CCC(C)CC1)NCc1cccc(OC(F)F)c1.I. The average Bonchev–Trinajstić information content (AvgIpc) is 2.62. The Hall–Kier alpha value is -1.16. The van der Waals surface area contributed by atoms with Crippen LogP contribution in [0.25, 0.3) is 0 Å². The van der Waals surface area contributed by atoms with Crippen LogP contribution >= 0.6 is 24.0 Å². The second-order valence-electron chi connectivity index (χ2n) is 6.76. The molecule has 5 nitrogen and oxygen atoms in total. The number of likely N-dealkylation sites (tertiary alicyclic amines) is 1. The zero-order valence-corrected chi connectivity index (χ0v) is 18.4. The number of piperidine rings is 1. The van der Waals surface area contributed by atoms with Gasteiger partial charge in [0.2, 0.25) is 0 Å². The summed E-state index contributed by atoms with van der Waals surface area (Å²) in [6.07, 6.45) is 3.66. The molecule has 1 aromatic carbocycles. The number of aliphatic imine (C=N–C) groups is 1. The van der Waals surface area contributed by atoms with Crippen molar-refractivity contribution >= 4 is 29.9 Å². The van der Waals surface area contributed by atoms with E-state index >= 15 is 0 Å². The summed E-state index contributed by atoms with van der Waals surface area (Å²) in [7, 11) is 1.72. The van der Waals surface area contributed by atoms with Crippen LogP contribution in [0.15, 0.2) is 29.3 Å². The van der Waals surface area contributed by atoms with Crippen LogP contribution in [0.5, 0.6) is 5.75 Å². The van der Waals surface area contributed by atoms with Gasteiger partial charge in [0.15, 0.2) is 5.96 Å². The third kappa shape index (κ3) is 9.55. The maximum atomic E-state index is 12.3. The van der Waals surface area contributed by atoms with Gasteiger partial charge in [-0.2, -0.15) is 8.78 Å². The second-order valence-corrected chi connectivity index (χ2v) is 6.76. The van der Waals surface area contributed by atoms with Crippen molar-refractivity contribution in [3.8, 4) is 5.75 Å². The highest BCUT2D eigenvalue weighted by Crippen LogP contribution is 2.16. The molecule has 2 N–H and O–H groups in total. The van der Waals surface area contributed by atoms with E-state index in [4.69, 9.17) is 0 Å². The Kier molecular flexibility index (Phi) is 11.6. The van der Waals surface area contributed by atoms with Crippen LogP contribution in [-0.4, -0.2) is 50.7 Å². The molecule has 1 aromatic rings. The van der Waals surface area contributed by atoms with E-state index in [-0.39, 0.29) is 29.7 Å². The number of ether oxygens (including phenoxy) is 1. The quantitative estimate of drug-likeness (QED) is 0.250. The van der Waals surface area contributed by atoms with Crippen LogP contribution in [0, 0.1) is 5.92 Å². The molecule has 2 rings (SSSR count). The Morgan fingerprint density at radius 1 is 1.30 bits per heavy atom. The summed E-state index contributed by atoms with van der Waals surface area (Å²) in [6.45, 7) is 4.35. The number of rotatable bonds is 8. The van der Waals surface area contributed by atoms with Crippen LogP contribution in [0.4, 0.5) is 8.78 Å². The molecular formula is C19H31F2IN4O. The van der Waals surface area contributed by atoms with Gasteiger partial charge in [0.05, 0.1) is 0 Å². The number of hydrogen-bond acceptors (Lipinski definition) is 3. The largest absolute Gasteiger partial charge is 0.435 e. The lowest BCUT2D eigenvalue weighted by atomic mass is 9.99. The predicted octanol–water partition coefficient (Wildman–Crippen LogP) is 3.69. The number of benzene rings is 1. The number of hydrogen-bond donors (Lipinski definition) is 2. The van der Waals surface area contributed by atoms with Gasteiger partial charge in [-0.15, -0.1) is 24.0 Å². The molecule has 0 aromatic heterocycles. The first-order valence-corrected chi connectivity index (χ1v) is 9.27. The molecule has 0 unspecified atom stereocenters. The molecule has 0 saturated carbocycles. The van der Waals surface area contributed by atoms with E-state index in [9.17, 15) is 8.78 Å². The van der Waals surface area contributed by atoms with Crippen molar-refractivity contribution in [2.24, 2.45) is 10.9 Å². The number of nitrogens with zero attached hydrogens (tertiary/aromatic N) is 2. The maximum absolute atomic E-state index is 12.3. The first-order valence-electron chi connectivity index (χ1n) is 9.27. The fourth-order valence-electron chi connectivity index (χ4n) is 3.03. The van der Waals surface area contributed by atoms with E-state index in [0.717, 1.165) is 31.0 Å². The molecule has 1 aliphatic rings. The third-order valence-electron chi connectivity index (χ3n) is 4.63. The zero-order chi connectivity index (χ0) is 18.8. The lowest BCUT2D eigenvalue weighted by Crippen LogP contribution is -2.39. The van der Waals surface area contributed by atoms with Crippen LogP contribution < -0.4 is 15.4 Å². The molecule has 0 amide bonds. The molecule has 0 spiro atoms. The summed E-state index contributed by atoms with van der Waals surface area (Å²) < 4.78 is 29.0. The minimum atomic E-state index is -2.81. The highest BCUT2D eigenvalue weighted by atomic mass is 127. The molecule has 27 heavy (non-hydrogen) atoms. The number of alkyl halides is 2. The van der Waals surface area contributed by atoms with Crippen molar-refractivity contribution in [1.82, 2.24) is 15.5 Å². The number of halogens is 3. The molecule has 1 aliphatic heterocycles. The van der Waals surface area contributed by atoms with Crippen LogP contribution in [0.1, 0.15) is 31.7 Å². The fraction of sp³-hybridized carbons (Fsp3) is 0.632. The highest BCUT2D eigenvalue weighted by molar-refractivity contribution is 14.0. The van der Waals surface area contributed by atoms with Crippen molar-refractivity contribution in [3.05, 3.63) is 29.8 Å². The molecular weight excluding hydrogens is 465 g/mol. The topological polar surface area (TPSA) is 48.9 Å². The van der Waals surface area contributed by atoms with Gasteiger partial charge in [-0.05, 0) is 62.5 Å². The molecule has 0 atom stereocenters. The summed E-state index contributed by atoms with van der Waals surface area (Å²) in [5, 5.41) is 6.49. The van der Waals surface area contributed by atoms with E-state index < -0.39 is 6.61 Å². The van der Waals surface area contributed by atoms with Crippen molar-refractivity contribution in [2.45, 2.75) is 39.3 Å². The standard InChI is InChI=1S/C19H30F2N4O.HI/c1-15-7-11-25(12-8-15)10-4-9-23-19(22-2)24-14-16-5-3-6-17(13-16)26-18(20)21;/h3,5-6,13,15,18H,4,7-12,14H2,1-2H3,(H2,22,23,24);1H. The molecule has 0 bridgehead atoms. The third-order valence-corrected chi connectivity index (χ3v) is 4.63.